The molecule has 22 heavy (non-hydrogen) atoms. The van der Waals surface area contributed by atoms with E-state index in [0.29, 0.717) is 12.1 Å². The third kappa shape index (κ3) is 2.96. The van der Waals surface area contributed by atoms with Gasteiger partial charge in [0.15, 0.2) is 5.69 Å². The molecule has 1 aromatic heterocycles. The molecule has 1 aliphatic heterocycles. The predicted octanol–water partition coefficient (Wildman–Crippen LogP) is -0.474. The molecule has 8 heteroatoms. The number of nitrogens with zero attached hydrogens (tertiary/aromatic N) is 2. The van der Waals surface area contributed by atoms with E-state index >= 15 is 0 Å². The fourth-order valence-corrected chi connectivity index (χ4v) is 3.33. The zero-order chi connectivity index (χ0) is 15.7. The van der Waals surface area contributed by atoms with Gasteiger partial charge >= 0.3 is 0 Å². The van der Waals surface area contributed by atoms with Crippen LogP contribution in [0.2, 0.25) is 0 Å². The highest BCUT2D eigenvalue weighted by Gasteiger charge is 2.33. The number of aromatic nitrogens is 2. The van der Waals surface area contributed by atoms with E-state index in [4.69, 9.17) is 5.73 Å². The topological polar surface area (TPSA) is 104 Å². The molecule has 7 nitrogen and oxygen atoms in total. The number of rotatable bonds is 5. The predicted molar refractivity (Wildman–Crippen MR) is 77.0 cm³/mol. The summed E-state index contributed by atoms with van der Waals surface area (Å²) in [6.07, 6.45) is 2.12. The van der Waals surface area contributed by atoms with Gasteiger partial charge in [-0.05, 0) is 25.7 Å². The number of hydrogen-bond acceptors (Lipinski definition) is 4. The zero-order valence-corrected chi connectivity index (χ0v) is 12.3. The number of nitrogens with two attached hydrogens (primary N) is 1. The highest BCUT2D eigenvalue weighted by atomic mass is 19.1. The molecule has 0 spiro atoms. The number of primary amides is 1. The maximum Gasteiger partial charge on any atom is 0.272 e. The molecule has 3 rings (SSSR count). The molecular formula is C14H20FN5O2. The minimum Gasteiger partial charge on any atom is -0.369 e. The number of fused-ring (bicyclic) bond motifs is 1. The molecule has 2 atom stereocenters. The van der Waals surface area contributed by atoms with Gasteiger partial charge in [-0.3, -0.25) is 19.6 Å². The van der Waals surface area contributed by atoms with E-state index in [9.17, 15) is 14.0 Å². The standard InChI is InChI=1S/C14H20FN5O2/c15-8-4-9(20(6-8)7-12(16)21)5-17-14(22)13-10-2-1-3-11(10)18-19-13/h8-9H,1-7H2,(H2,16,21)(H,17,22)(H,18,19)/t8-,9-/m0/s1. The second-order valence-electron chi connectivity index (χ2n) is 5.98. The number of halogens is 1. The minimum atomic E-state index is -0.990. The molecule has 2 heterocycles. The summed E-state index contributed by atoms with van der Waals surface area (Å²) < 4.78 is 13.5. The summed E-state index contributed by atoms with van der Waals surface area (Å²) >= 11 is 0. The smallest absolute Gasteiger partial charge is 0.272 e. The van der Waals surface area contributed by atoms with Gasteiger partial charge in [0.2, 0.25) is 5.91 Å². The van der Waals surface area contributed by atoms with E-state index in [2.05, 4.69) is 15.5 Å². The quantitative estimate of drug-likeness (QED) is 0.683. The Labute approximate surface area is 127 Å². The van der Waals surface area contributed by atoms with Gasteiger partial charge < -0.3 is 11.1 Å². The minimum absolute atomic E-state index is 0.0127. The third-order valence-corrected chi connectivity index (χ3v) is 4.36. The molecule has 2 aliphatic rings. The molecule has 0 bridgehead atoms. The van der Waals surface area contributed by atoms with Crippen molar-refractivity contribution in [3.63, 3.8) is 0 Å². The lowest BCUT2D eigenvalue weighted by Crippen LogP contribution is -2.43. The van der Waals surface area contributed by atoms with Crippen molar-refractivity contribution in [2.24, 2.45) is 5.73 Å². The molecule has 2 amide bonds. The zero-order valence-electron chi connectivity index (χ0n) is 12.3. The van der Waals surface area contributed by atoms with Crippen LogP contribution >= 0.6 is 0 Å². The van der Waals surface area contributed by atoms with Gasteiger partial charge in [-0.2, -0.15) is 5.10 Å². The highest BCUT2D eigenvalue weighted by Crippen LogP contribution is 2.23. The van der Waals surface area contributed by atoms with Gasteiger partial charge in [0.25, 0.3) is 5.91 Å². The van der Waals surface area contributed by atoms with E-state index < -0.39 is 12.1 Å². The number of carbonyl (C=O) groups is 2. The number of H-pyrrole nitrogens is 1. The van der Waals surface area contributed by atoms with E-state index in [1.54, 1.807) is 4.90 Å². The van der Waals surface area contributed by atoms with Crippen LogP contribution < -0.4 is 11.1 Å². The molecule has 1 aromatic rings. The summed E-state index contributed by atoms with van der Waals surface area (Å²) in [4.78, 5) is 24.9. The van der Waals surface area contributed by atoms with Crippen molar-refractivity contribution in [3.05, 3.63) is 17.0 Å². The van der Waals surface area contributed by atoms with Gasteiger partial charge in [-0.25, -0.2) is 4.39 Å². The maximum atomic E-state index is 13.5. The molecule has 0 saturated carbocycles. The summed E-state index contributed by atoms with van der Waals surface area (Å²) in [7, 11) is 0. The third-order valence-electron chi connectivity index (χ3n) is 4.36. The Morgan fingerprint density at radius 3 is 3.05 bits per heavy atom. The number of likely N-dealkylation sites (tertiary alicyclic amines) is 1. The van der Waals surface area contributed by atoms with Crippen molar-refractivity contribution in [2.45, 2.75) is 37.9 Å². The first-order valence-electron chi connectivity index (χ1n) is 7.55. The van der Waals surface area contributed by atoms with Gasteiger partial charge in [-0.15, -0.1) is 0 Å². The maximum absolute atomic E-state index is 13.5. The van der Waals surface area contributed by atoms with Crippen LogP contribution in [-0.2, 0) is 17.6 Å². The van der Waals surface area contributed by atoms with Gasteiger partial charge in [0.1, 0.15) is 6.17 Å². The Morgan fingerprint density at radius 1 is 1.45 bits per heavy atom. The largest absolute Gasteiger partial charge is 0.369 e. The Kier molecular flexibility index (Phi) is 4.10. The first-order chi connectivity index (χ1) is 10.5. The van der Waals surface area contributed by atoms with Crippen LogP contribution in [0, 0.1) is 0 Å². The number of aromatic amines is 1. The summed E-state index contributed by atoms with van der Waals surface area (Å²) in [5.41, 5.74) is 7.62. The number of nitrogens with one attached hydrogen (secondary N) is 2. The fraction of sp³-hybridized carbons (Fsp3) is 0.643. The fourth-order valence-electron chi connectivity index (χ4n) is 3.33. The van der Waals surface area contributed by atoms with Crippen molar-refractivity contribution in [2.75, 3.05) is 19.6 Å². The van der Waals surface area contributed by atoms with E-state index in [-0.39, 0.29) is 31.6 Å². The first kappa shape index (κ1) is 15.0. The normalized spacial score (nSPS) is 24.4. The van der Waals surface area contributed by atoms with Crippen molar-refractivity contribution >= 4 is 11.8 Å². The Morgan fingerprint density at radius 2 is 2.27 bits per heavy atom. The Hall–Kier alpha value is -1.96. The molecule has 0 radical (unpaired) electrons. The molecule has 1 fully saturated rings. The second kappa shape index (κ2) is 6.04. The molecule has 0 unspecified atom stereocenters. The van der Waals surface area contributed by atoms with E-state index in [1.165, 1.54) is 0 Å². The first-order valence-corrected chi connectivity index (χ1v) is 7.55. The average Bonchev–Trinajstić information content (AvgIpc) is 3.10. The van der Waals surface area contributed by atoms with Gasteiger partial charge in [-0.1, -0.05) is 0 Å². The monoisotopic (exact) mass is 309 g/mol. The van der Waals surface area contributed by atoms with Crippen LogP contribution in [0.15, 0.2) is 0 Å². The van der Waals surface area contributed by atoms with Crippen molar-refractivity contribution < 1.29 is 14.0 Å². The van der Waals surface area contributed by atoms with Crippen LogP contribution in [0.1, 0.15) is 34.6 Å². The summed E-state index contributed by atoms with van der Waals surface area (Å²) in [6.45, 7) is 0.480. The molecule has 120 valence electrons. The van der Waals surface area contributed by atoms with Crippen molar-refractivity contribution in [1.29, 1.82) is 0 Å². The molecule has 4 N–H and O–H groups in total. The van der Waals surface area contributed by atoms with Gasteiger partial charge in [0, 0.05) is 30.4 Å². The summed E-state index contributed by atoms with van der Waals surface area (Å²) in [5.74, 6) is -0.740. The molecular weight excluding hydrogens is 289 g/mol. The lowest BCUT2D eigenvalue weighted by molar-refractivity contribution is -0.119. The SMILES string of the molecule is NC(=O)CN1C[C@@H](F)C[C@H]1CNC(=O)c1n[nH]c2c1CCC2. The molecule has 1 aliphatic carbocycles. The average molecular weight is 309 g/mol. The van der Waals surface area contributed by atoms with Crippen LogP contribution in [0.5, 0.6) is 0 Å². The number of hydrogen-bond donors (Lipinski definition) is 3. The molecule has 1 saturated heterocycles. The second-order valence-corrected chi connectivity index (χ2v) is 5.98. The van der Waals surface area contributed by atoms with Crippen molar-refractivity contribution in [3.8, 4) is 0 Å². The summed E-state index contributed by atoms with van der Waals surface area (Å²) in [6, 6.07) is -0.210. The molecule has 0 aromatic carbocycles. The highest BCUT2D eigenvalue weighted by molar-refractivity contribution is 5.94. The van der Waals surface area contributed by atoms with Gasteiger partial charge in [0.05, 0.1) is 6.54 Å². The van der Waals surface area contributed by atoms with E-state index in [0.717, 1.165) is 30.5 Å². The van der Waals surface area contributed by atoms with Crippen molar-refractivity contribution in [1.82, 2.24) is 20.4 Å². The van der Waals surface area contributed by atoms with E-state index in [1.807, 2.05) is 0 Å². The van der Waals surface area contributed by atoms with Crippen LogP contribution in [0.4, 0.5) is 4.39 Å². The number of amides is 2. The van der Waals surface area contributed by atoms with Crippen LogP contribution in [-0.4, -0.2) is 58.8 Å². The lowest BCUT2D eigenvalue weighted by Gasteiger charge is -2.22. The van der Waals surface area contributed by atoms with Crippen LogP contribution in [0.3, 0.4) is 0 Å². The number of alkyl halides is 1. The number of carbonyl (C=O) groups excluding carboxylic acids is 2. The summed E-state index contributed by atoms with van der Waals surface area (Å²) in [5, 5.41) is 9.76. The number of aryl methyl sites for hydroxylation is 1. The Bertz CT molecular complexity index is 588. The Balaban J connectivity index is 1.59. The van der Waals surface area contributed by atoms with Crippen LogP contribution in [0.25, 0.3) is 0 Å². The lowest BCUT2D eigenvalue weighted by atomic mass is 10.1.